The average Bonchev–Trinajstić information content (AvgIpc) is 2.84. The van der Waals surface area contributed by atoms with Gasteiger partial charge in [0.25, 0.3) is 0 Å². The van der Waals surface area contributed by atoms with Gasteiger partial charge in [-0.1, -0.05) is 29.4 Å². The Bertz CT molecular complexity index is 497. The average molecular weight is 244 g/mol. The Morgan fingerprint density at radius 1 is 1.39 bits per heavy atom. The number of nitrogens with one attached hydrogen (secondary N) is 2. The molecule has 3 rings (SSSR count). The zero-order valence-electron chi connectivity index (χ0n) is 10.1. The summed E-state index contributed by atoms with van der Waals surface area (Å²) in [5.41, 5.74) is 2.73. The van der Waals surface area contributed by atoms with Crippen molar-refractivity contribution in [2.24, 2.45) is 0 Å². The van der Waals surface area contributed by atoms with Gasteiger partial charge in [-0.15, -0.1) is 0 Å². The van der Waals surface area contributed by atoms with Crippen molar-refractivity contribution >= 4 is 0 Å². The first-order chi connectivity index (χ1) is 8.93. The van der Waals surface area contributed by atoms with Gasteiger partial charge in [-0.2, -0.15) is 4.98 Å². The van der Waals surface area contributed by atoms with E-state index in [9.17, 15) is 0 Å². The van der Waals surface area contributed by atoms with Gasteiger partial charge in [0.2, 0.25) is 6.39 Å². The van der Waals surface area contributed by atoms with Gasteiger partial charge in [0, 0.05) is 12.6 Å². The Morgan fingerprint density at radius 3 is 3.22 bits per heavy atom. The van der Waals surface area contributed by atoms with E-state index in [0.29, 0.717) is 18.4 Å². The first kappa shape index (κ1) is 11.4. The predicted octanol–water partition coefficient (Wildman–Crippen LogP) is 1.39. The van der Waals surface area contributed by atoms with Crippen molar-refractivity contribution in [3.63, 3.8) is 0 Å². The molecule has 1 unspecified atom stereocenters. The SMILES string of the molecule is c1ccc2c(c1)CNCCC2NCc1ncon1. The van der Waals surface area contributed by atoms with Crippen molar-refractivity contribution in [3.8, 4) is 0 Å². The summed E-state index contributed by atoms with van der Waals surface area (Å²) in [5.74, 6) is 0.699. The molecule has 1 atom stereocenters. The Balaban J connectivity index is 1.75. The van der Waals surface area contributed by atoms with Gasteiger partial charge >= 0.3 is 0 Å². The lowest BCUT2D eigenvalue weighted by Gasteiger charge is -2.17. The maximum Gasteiger partial charge on any atom is 0.213 e. The molecular formula is C13H16N4O. The van der Waals surface area contributed by atoms with E-state index in [2.05, 4.69) is 45.0 Å². The number of fused-ring (bicyclic) bond motifs is 1. The second kappa shape index (κ2) is 5.29. The molecule has 0 spiro atoms. The lowest BCUT2D eigenvalue weighted by atomic mass is 9.99. The summed E-state index contributed by atoms with van der Waals surface area (Å²) < 4.78 is 4.74. The van der Waals surface area contributed by atoms with Crippen LogP contribution < -0.4 is 10.6 Å². The third-order valence-corrected chi connectivity index (χ3v) is 3.27. The maximum absolute atomic E-state index is 4.74. The number of hydrogen-bond donors (Lipinski definition) is 2. The lowest BCUT2D eigenvalue weighted by Crippen LogP contribution is -2.23. The van der Waals surface area contributed by atoms with Crippen LogP contribution in [0.5, 0.6) is 0 Å². The van der Waals surface area contributed by atoms with Crippen LogP contribution in [0.4, 0.5) is 0 Å². The van der Waals surface area contributed by atoms with E-state index in [4.69, 9.17) is 4.52 Å². The summed E-state index contributed by atoms with van der Waals surface area (Å²) in [7, 11) is 0. The molecular weight excluding hydrogens is 228 g/mol. The number of benzene rings is 1. The normalized spacial score (nSPS) is 19.2. The summed E-state index contributed by atoms with van der Waals surface area (Å²) in [5, 5.41) is 10.7. The summed E-state index contributed by atoms with van der Waals surface area (Å²) in [4.78, 5) is 4.02. The van der Waals surface area contributed by atoms with Crippen molar-refractivity contribution in [1.82, 2.24) is 20.8 Å². The van der Waals surface area contributed by atoms with Crippen molar-refractivity contribution in [3.05, 3.63) is 47.6 Å². The molecule has 2 N–H and O–H groups in total. The Labute approximate surface area is 106 Å². The Morgan fingerprint density at radius 2 is 2.33 bits per heavy atom. The van der Waals surface area contributed by atoms with Crippen LogP contribution in [0.25, 0.3) is 0 Å². The van der Waals surface area contributed by atoms with E-state index >= 15 is 0 Å². The van der Waals surface area contributed by atoms with Gasteiger partial charge in [0.05, 0.1) is 6.54 Å². The molecule has 2 aromatic rings. The summed E-state index contributed by atoms with van der Waals surface area (Å²) in [6, 6.07) is 8.89. The van der Waals surface area contributed by atoms with Gasteiger partial charge in [-0.25, -0.2) is 0 Å². The zero-order chi connectivity index (χ0) is 12.2. The molecule has 0 saturated heterocycles. The molecule has 0 fully saturated rings. The van der Waals surface area contributed by atoms with E-state index in [1.807, 2.05) is 0 Å². The number of rotatable bonds is 3. The predicted molar refractivity (Wildman–Crippen MR) is 66.6 cm³/mol. The van der Waals surface area contributed by atoms with E-state index in [0.717, 1.165) is 19.5 Å². The van der Waals surface area contributed by atoms with Crippen molar-refractivity contribution < 1.29 is 4.52 Å². The fourth-order valence-corrected chi connectivity index (χ4v) is 2.36. The minimum absolute atomic E-state index is 0.342. The Hall–Kier alpha value is -1.72. The molecule has 1 aromatic heterocycles. The standard InChI is InChI=1S/C13H16N4O/c1-2-4-11-10(3-1)7-14-6-5-12(11)15-8-13-16-9-18-17-13/h1-4,9,12,14-15H,5-8H2. The van der Waals surface area contributed by atoms with Crippen LogP contribution in [0.2, 0.25) is 0 Å². The van der Waals surface area contributed by atoms with Crippen LogP contribution in [-0.4, -0.2) is 16.7 Å². The largest absolute Gasteiger partial charge is 0.343 e. The molecule has 0 aliphatic carbocycles. The second-order valence-electron chi connectivity index (χ2n) is 4.45. The van der Waals surface area contributed by atoms with Gasteiger partial charge in [0.15, 0.2) is 5.82 Å². The highest BCUT2D eigenvalue weighted by molar-refractivity contribution is 5.31. The number of aromatic nitrogens is 2. The molecule has 1 aliphatic heterocycles. The van der Waals surface area contributed by atoms with Crippen molar-refractivity contribution in [1.29, 1.82) is 0 Å². The summed E-state index contributed by atoms with van der Waals surface area (Å²) >= 11 is 0. The van der Waals surface area contributed by atoms with E-state index < -0.39 is 0 Å². The van der Waals surface area contributed by atoms with Crippen LogP contribution >= 0.6 is 0 Å². The van der Waals surface area contributed by atoms with Gasteiger partial charge < -0.3 is 15.2 Å². The van der Waals surface area contributed by atoms with Crippen LogP contribution in [0.1, 0.15) is 29.4 Å². The second-order valence-corrected chi connectivity index (χ2v) is 4.45. The molecule has 2 heterocycles. The van der Waals surface area contributed by atoms with Crippen LogP contribution in [0.15, 0.2) is 35.2 Å². The van der Waals surface area contributed by atoms with Crippen LogP contribution in [-0.2, 0) is 13.1 Å². The highest BCUT2D eigenvalue weighted by Gasteiger charge is 2.17. The third-order valence-electron chi connectivity index (χ3n) is 3.27. The third kappa shape index (κ3) is 2.42. The molecule has 0 amide bonds. The molecule has 0 bridgehead atoms. The zero-order valence-corrected chi connectivity index (χ0v) is 10.1. The fraction of sp³-hybridized carbons (Fsp3) is 0.385. The topological polar surface area (TPSA) is 63.0 Å². The number of nitrogens with zero attached hydrogens (tertiary/aromatic N) is 2. The molecule has 5 nitrogen and oxygen atoms in total. The quantitative estimate of drug-likeness (QED) is 0.854. The molecule has 0 radical (unpaired) electrons. The minimum Gasteiger partial charge on any atom is -0.343 e. The Kier molecular flexibility index (Phi) is 3.34. The molecule has 1 aromatic carbocycles. The lowest BCUT2D eigenvalue weighted by molar-refractivity contribution is 0.402. The van der Waals surface area contributed by atoms with Crippen LogP contribution in [0, 0.1) is 0 Å². The maximum atomic E-state index is 4.74. The highest BCUT2D eigenvalue weighted by atomic mass is 16.5. The monoisotopic (exact) mass is 244 g/mol. The molecule has 18 heavy (non-hydrogen) atoms. The van der Waals surface area contributed by atoms with Gasteiger partial charge in [-0.05, 0) is 24.1 Å². The minimum atomic E-state index is 0.342. The van der Waals surface area contributed by atoms with Gasteiger partial charge in [0.1, 0.15) is 0 Å². The molecule has 0 saturated carbocycles. The molecule has 94 valence electrons. The first-order valence-corrected chi connectivity index (χ1v) is 6.20. The smallest absolute Gasteiger partial charge is 0.213 e. The van der Waals surface area contributed by atoms with E-state index in [-0.39, 0.29) is 0 Å². The highest BCUT2D eigenvalue weighted by Crippen LogP contribution is 2.23. The number of hydrogen-bond acceptors (Lipinski definition) is 5. The van der Waals surface area contributed by atoms with E-state index in [1.54, 1.807) is 0 Å². The van der Waals surface area contributed by atoms with Crippen LogP contribution in [0.3, 0.4) is 0 Å². The summed E-state index contributed by atoms with van der Waals surface area (Å²) in [6.45, 7) is 2.59. The molecule has 5 heteroatoms. The van der Waals surface area contributed by atoms with E-state index in [1.165, 1.54) is 17.5 Å². The van der Waals surface area contributed by atoms with Crippen molar-refractivity contribution in [2.45, 2.75) is 25.6 Å². The first-order valence-electron chi connectivity index (χ1n) is 6.20. The summed E-state index contributed by atoms with van der Waals surface area (Å²) in [6.07, 6.45) is 2.43. The molecule has 1 aliphatic rings. The van der Waals surface area contributed by atoms with Gasteiger partial charge in [-0.3, -0.25) is 0 Å². The fourth-order valence-electron chi connectivity index (χ4n) is 2.36. The van der Waals surface area contributed by atoms with Crippen molar-refractivity contribution in [2.75, 3.05) is 6.54 Å².